The molecule has 0 bridgehead atoms. The molecule has 1 fully saturated rings. The highest BCUT2D eigenvalue weighted by Crippen LogP contribution is 2.32. The second-order valence-electron chi connectivity index (χ2n) is 7.25. The lowest BCUT2D eigenvalue weighted by Crippen LogP contribution is -2.34. The summed E-state index contributed by atoms with van der Waals surface area (Å²) >= 11 is 1.46. The van der Waals surface area contributed by atoms with Crippen LogP contribution in [0.4, 0.5) is 10.8 Å². The molecule has 3 rings (SSSR count). The highest BCUT2D eigenvalue weighted by molar-refractivity contribution is 7.88. The van der Waals surface area contributed by atoms with E-state index in [-0.39, 0.29) is 5.91 Å². The largest absolute Gasteiger partial charge is 0.296 e. The Labute approximate surface area is 177 Å². The van der Waals surface area contributed by atoms with E-state index in [2.05, 4.69) is 11.8 Å². The van der Waals surface area contributed by atoms with E-state index in [0.717, 1.165) is 36.3 Å². The molecule has 0 N–H and O–H groups in total. The Bertz CT molecular complexity index is 958. The molecule has 1 saturated heterocycles. The van der Waals surface area contributed by atoms with Crippen molar-refractivity contribution in [2.75, 3.05) is 37.3 Å². The van der Waals surface area contributed by atoms with Gasteiger partial charge < -0.3 is 0 Å². The van der Waals surface area contributed by atoms with Crippen molar-refractivity contribution in [1.29, 1.82) is 0 Å². The van der Waals surface area contributed by atoms with Crippen molar-refractivity contribution in [2.24, 2.45) is 0 Å². The van der Waals surface area contributed by atoms with Crippen molar-refractivity contribution in [3.05, 3.63) is 40.9 Å². The molecule has 0 saturated carbocycles. The van der Waals surface area contributed by atoms with Crippen LogP contribution in [0.1, 0.15) is 31.5 Å². The first kappa shape index (κ1) is 21.9. The number of para-hydroxylation sites is 1. The Kier molecular flexibility index (Phi) is 7.05. The first-order valence-corrected chi connectivity index (χ1v) is 12.5. The van der Waals surface area contributed by atoms with Crippen LogP contribution >= 0.6 is 11.3 Å². The molecule has 1 amide bonds. The molecule has 1 aromatic heterocycles. The predicted molar refractivity (Wildman–Crippen MR) is 117 cm³/mol. The number of aryl methyl sites for hydroxylation is 1. The summed E-state index contributed by atoms with van der Waals surface area (Å²) in [4.78, 5) is 21.0. The lowest BCUT2D eigenvalue weighted by atomic mass is 10.1. The lowest BCUT2D eigenvalue weighted by molar-refractivity contribution is -0.115. The number of hydrogen-bond donors (Lipinski definition) is 0. The average molecular weight is 437 g/mol. The first-order chi connectivity index (χ1) is 13.8. The maximum Gasteiger partial charge on any atom is 0.230 e. The average Bonchev–Trinajstić information content (AvgIpc) is 2.96. The van der Waals surface area contributed by atoms with Gasteiger partial charge in [0, 0.05) is 38.5 Å². The van der Waals surface area contributed by atoms with E-state index in [1.165, 1.54) is 17.6 Å². The molecule has 7 nitrogen and oxygen atoms in total. The molecule has 0 aliphatic carbocycles. The Hall–Kier alpha value is -1.81. The molecule has 0 spiro atoms. The van der Waals surface area contributed by atoms with Crippen LogP contribution in [0.15, 0.2) is 29.6 Å². The highest BCUT2D eigenvalue weighted by Gasteiger charge is 2.23. The molecule has 1 aliphatic rings. The van der Waals surface area contributed by atoms with E-state index in [4.69, 9.17) is 4.98 Å². The van der Waals surface area contributed by atoms with Gasteiger partial charge >= 0.3 is 0 Å². The third kappa shape index (κ3) is 5.42. The van der Waals surface area contributed by atoms with E-state index in [9.17, 15) is 13.2 Å². The first-order valence-electron chi connectivity index (χ1n) is 9.80. The number of nitrogens with zero attached hydrogens (tertiary/aromatic N) is 4. The van der Waals surface area contributed by atoms with Crippen LogP contribution in [0.3, 0.4) is 0 Å². The van der Waals surface area contributed by atoms with Crippen LogP contribution in [0.5, 0.6) is 0 Å². The number of benzene rings is 1. The number of thiazole rings is 1. The molecular formula is C20H28N4O3S2. The van der Waals surface area contributed by atoms with Crippen LogP contribution in [0.2, 0.25) is 0 Å². The van der Waals surface area contributed by atoms with Crippen molar-refractivity contribution < 1.29 is 13.2 Å². The second-order valence-corrected chi connectivity index (χ2v) is 10.1. The van der Waals surface area contributed by atoms with Gasteiger partial charge in [-0.15, -0.1) is 11.3 Å². The van der Waals surface area contributed by atoms with Crippen LogP contribution in [-0.2, 0) is 27.8 Å². The van der Waals surface area contributed by atoms with Crippen molar-refractivity contribution in [1.82, 2.24) is 14.2 Å². The number of hydrogen-bond acceptors (Lipinski definition) is 6. The number of carbonyl (C=O) groups is 1. The normalized spacial score (nSPS) is 16.5. The Balaban J connectivity index is 1.75. The van der Waals surface area contributed by atoms with Gasteiger partial charge in [-0.25, -0.2) is 17.7 Å². The minimum absolute atomic E-state index is 0.0645. The van der Waals surface area contributed by atoms with Gasteiger partial charge in [0.1, 0.15) is 0 Å². The Morgan fingerprint density at radius 2 is 1.97 bits per heavy atom. The van der Waals surface area contributed by atoms with Crippen molar-refractivity contribution in [3.63, 3.8) is 0 Å². The summed E-state index contributed by atoms with van der Waals surface area (Å²) in [5, 5.41) is 2.65. The molecule has 1 aliphatic heterocycles. The smallest absolute Gasteiger partial charge is 0.230 e. The molecule has 9 heteroatoms. The fraction of sp³-hybridized carbons (Fsp3) is 0.500. The quantitative estimate of drug-likeness (QED) is 0.696. The second kappa shape index (κ2) is 9.34. The molecule has 2 heterocycles. The van der Waals surface area contributed by atoms with E-state index in [1.807, 2.05) is 29.6 Å². The summed E-state index contributed by atoms with van der Waals surface area (Å²) < 4.78 is 25.1. The van der Waals surface area contributed by atoms with Crippen LogP contribution < -0.4 is 4.90 Å². The van der Waals surface area contributed by atoms with Gasteiger partial charge in [0.2, 0.25) is 15.9 Å². The molecule has 1 aromatic carbocycles. The van der Waals surface area contributed by atoms with E-state index in [1.54, 1.807) is 16.1 Å². The third-order valence-electron chi connectivity index (χ3n) is 5.06. The number of anilines is 2. The minimum Gasteiger partial charge on any atom is -0.296 e. The van der Waals surface area contributed by atoms with Crippen molar-refractivity contribution in [2.45, 2.75) is 33.2 Å². The summed E-state index contributed by atoms with van der Waals surface area (Å²) in [7, 11) is -3.15. The number of aromatic nitrogens is 1. The number of carbonyl (C=O) groups excluding carboxylic acids is 1. The zero-order chi connectivity index (χ0) is 21.0. The van der Waals surface area contributed by atoms with Gasteiger partial charge in [-0.05, 0) is 31.0 Å². The van der Waals surface area contributed by atoms with Gasteiger partial charge in [-0.1, -0.05) is 25.1 Å². The Morgan fingerprint density at radius 3 is 2.66 bits per heavy atom. The standard InChI is InChI=1S/C20H28N4O3S2/c1-4-17-8-5-6-9-19(17)24(16(2)25)20-21-18(15-28-20)14-22-10-7-11-23(13-12-22)29(3,26)27/h5-6,8-9,15H,4,7,10-14H2,1-3H3. The Morgan fingerprint density at radius 1 is 1.21 bits per heavy atom. The maximum absolute atomic E-state index is 12.4. The fourth-order valence-corrected chi connectivity index (χ4v) is 5.32. The van der Waals surface area contributed by atoms with E-state index >= 15 is 0 Å². The van der Waals surface area contributed by atoms with Gasteiger partial charge in [0.15, 0.2) is 5.13 Å². The molecule has 0 radical (unpaired) electrons. The fourth-order valence-electron chi connectivity index (χ4n) is 3.57. The zero-order valence-corrected chi connectivity index (χ0v) is 18.8. The van der Waals surface area contributed by atoms with Crippen molar-refractivity contribution >= 4 is 38.1 Å². The van der Waals surface area contributed by atoms with E-state index in [0.29, 0.717) is 31.3 Å². The molecule has 2 aromatic rings. The molecule has 158 valence electrons. The number of sulfonamides is 1. The molecular weight excluding hydrogens is 408 g/mol. The third-order valence-corrected chi connectivity index (χ3v) is 7.24. The van der Waals surface area contributed by atoms with Crippen LogP contribution in [0, 0.1) is 0 Å². The monoisotopic (exact) mass is 436 g/mol. The molecule has 29 heavy (non-hydrogen) atoms. The topological polar surface area (TPSA) is 73.8 Å². The van der Waals surface area contributed by atoms with Gasteiger partial charge in [0.25, 0.3) is 0 Å². The maximum atomic E-state index is 12.4. The zero-order valence-electron chi connectivity index (χ0n) is 17.2. The van der Waals surface area contributed by atoms with Gasteiger partial charge in [-0.2, -0.15) is 0 Å². The van der Waals surface area contributed by atoms with Crippen molar-refractivity contribution in [3.8, 4) is 0 Å². The molecule has 0 unspecified atom stereocenters. The lowest BCUT2D eigenvalue weighted by Gasteiger charge is -2.21. The van der Waals surface area contributed by atoms with E-state index < -0.39 is 10.0 Å². The SMILES string of the molecule is CCc1ccccc1N(C(C)=O)c1nc(CN2CCCN(S(C)(=O)=O)CC2)cs1. The summed E-state index contributed by atoms with van der Waals surface area (Å²) in [6, 6.07) is 7.90. The number of rotatable bonds is 6. The summed E-state index contributed by atoms with van der Waals surface area (Å²) in [6.45, 7) is 6.84. The summed E-state index contributed by atoms with van der Waals surface area (Å²) in [5.74, 6) is -0.0645. The summed E-state index contributed by atoms with van der Waals surface area (Å²) in [6.07, 6.45) is 2.90. The minimum atomic E-state index is -3.15. The van der Waals surface area contributed by atoms with Gasteiger partial charge in [0.05, 0.1) is 17.6 Å². The van der Waals surface area contributed by atoms with Crippen LogP contribution in [-0.4, -0.2) is 60.9 Å². The molecule has 0 atom stereocenters. The van der Waals surface area contributed by atoms with Gasteiger partial charge in [-0.3, -0.25) is 14.6 Å². The number of amides is 1. The highest BCUT2D eigenvalue weighted by atomic mass is 32.2. The predicted octanol–water partition coefficient (Wildman–Crippen LogP) is 2.86. The summed E-state index contributed by atoms with van der Waals surface area (Å²) in [5.41, 5.74) is 2.88. The van der Waals surface area contributed by atoms with Crippen LogP contribution in [0.25, 0.3) is 0 Å².